The van der Waals surface area contributed by atoms with Crippen LogP contribution in [0.2, 0.25) is 0 Å². The van der Waals surface area contributed by atoms with E-state index in [1.807, 2.05) is 16.7 Å². The number of nitrogens with zero attached hydrogens (tertiary/aromatic N) is 3. The number of likely N-dealkylation sites (tertiary alicyclic amines) is 2. The summed E-state index contributed by atoms with van der Waals surface area (Å²) in [5.41, 5.74) is 0.362. The minimum absolute atomic E-state index is 0.0143. The van der Waals surface area contributed by atoms with Crippen molar-refractivity contribution in [3.63, 3.8) is 0 Å². The Hall–Kier alpha value is -1.98. The molecule has 0 radical (unpaired) electrons. The summed E-state index contributed by atoms with van der Waals surface area (Å²) in [6.07, 6.45) is 5.42. The molecule has 1 aromatic heterocycles. The molecule has 3 heterocycles. The molecule has 2 amide bonds. The molecule has 2 aliphatic heterocycles. The summed E-state index contributed by atoms with van der Waals surface area (Å²) in [6, 6.07) is 2.94. The molecular weight excluding hydrogens is 321 g/mol. The highest BCUT2D eigenvalue weighted by Gasteiger charge is 2.53. The standard InChI is InChI=1S/C19H26FN3O2/c1-3-16-19(10-8-17(24)23(19)4-2)9-5-11-22(16)18(25)12-15-7-6-14(20)13-21-15/h6-7,13,16H,3-5,8-12H2,1-2H3/t16-,19+/m1/s1. The van der Waals surface area contributed by atoms with E-state index in [0.29, 0.717) is 25.2 Å². The molecular formula is C19H26FN3O2. The zero-order valence-corrected chi connectivity index (χ0v) is 15.0. The van der Waals surface area contributed by atoms with Crippen molar-refractivity contribution in [1.82, 2.24) is 14.8 Å². The summed E-state index contributed by atoms with van der Waals surface area (Å²) in [5.74, 6) is -0.182. The number of aromatic nitrogens is 1. The Balaban J connectivity index is 1.82. The first kappa shape index (κ1) is 17.8. The molecule has 1 aromatic rings. The van der Waals surface area contributed by atoms with Crippen LogP contribution in [0.25, 0.3) is 0 Å². The van der Waals surface area contributed by atoms with Gasteiger partial charge >= 0.3 is 0 Å². The largest absolute Gasteiger partial charge is 0.337 e. The number of carbonyl (C=O) groups is 2. The van der Waals surface area contributed by atoms with Crippen molar-refractivity contribution in [3.8, 4) is 0 Å². The quantitative estimate of drug-likeness (QED) is 0.841. The summed E-state index contributed by atoms with van der Waals surface area (Å²) in [6.45, 7) is 5.51. The Morgan fingerprint density at radius 3 is 2.80 bits per heavy atom. The zero-order chi connectivity index (χ0) is 18.0. The van der Waals surface area contributed by atoms with Crippen molar-refractivity contribution in [3.05, 3.63) is 29.8 Å². The lowest BCUT2D eigenvalue weighted by atomic mass is 9.77. The minimum Gasteiger partial charge on any atom is -0.337 e. The Labute approximate surface area is 148 Å². The number of carbonyl (C=O) groups excluding carboxylic acids is 2. The highest BCUT2D eigenvalue weighted by molar-refractivity contribution is 5.82. The highest BCUT2D eigenvalue weighted by atomic mass is 19.1. The van der Waals surface area contributed by atoms with Crippen LogP contribution in [0.1, 0.15) is 51.6 Å². The van der Waals surface area contributed by atoms with Gasteiger partial charge in [-0.3, -0.25) is 14.6 Å². The van der Waals surface area contributed by atoms with Crippen LogP contribution in [0.3, 0.4) is 0 Å². The monoisotopic (exact) mass is 347 g/mol. The maximum Gasteiger partial charge on any atom is 0.228 e. The van der Waals surface area contributed by atoms with Gasteiger partial charge in [0.2, 0.25) is 11.8 Å². The van der Waals surface area contributed by atoms with E-state index in [1.165, 1.54) is 6.07 Å². The fourth-order valence-electron chi connectivity index (χ4n) is 4.77. The molecule has 2 atom stereocenters. The molecule has 3 rings (SSSR count). The van der Waals surface area contributed by atoms with Crippen LogP contribution >= 0.6 is 0 Å². The molecule has 2 fully saturated rings. The van der Waals surface area contributed by atoms with Gasteiger partial charge in [-0.15, -0.1) is 0 Å². The summed E-state index contributed by atoms with van der Waals surface area (Å²) >= 11 is 0. The average molecular weight is 347 g/mol. The second kappa shape index (κ2) is 7.10. The van der Waals surface area contributed by atoms with E-state index in [2.05, 4.69) is 11.9 Å². The SMILES string of the molecule is CC[C@H]1N(C(=O)Cc2ccc(F)cn2)CCC[C@]12CCC(=O)N2CC. The van der Waals surface area contributed by atoms with E-state index in [9.17, 15) is 14.0 Å². The summed E-state index contributed by atoms with van der Waals surface area (Å²) < 4.78 is 13.0. The number of rotatable bonds is 4. The zero-order valence-electron chi connectivity index (χ0n) is 15.0. The molecule has 25 heavy (non-hydrogen) atoms. The van der Waals surface area contributed by atoms with Gasteiger partial charge in [0, 0.05) is 25.2 Å². The Kier molecular flexibility index (Phi) is 5.06. The van der Waals surface area contributed by atoms with Gasteiger partial charge in [0.1, 0.15) is 5.82 Å². The lowest BCUT2D eigenvalue weighted by Crippen LogP contribution is -2.64. The highest BCUT2D eigenvalue weighted by Crippen LogP contribution is 2.43. The number of amides is 2. The van der Waals surface area contributed by atoms with Crippen LogP contribution < -0.4 is 0 Å². The van der Waals surface area contributed by atoms with Crippen LogP contribution in [0.4, 0.5) is 4.39 Å². The van der Waals surface area contributed by atoms with Crippen LogP contribution in [-0.4, -0.2) is 51.3 Å². The predicted molar refractivity (Wildman–Crippen MR) is 92.3 cm³/mol. The van der Waals surface area contributed by atoms with Gasteiger partial charge in [-0.1, -0.05) is 6.92 Å². The first-order valence-electron chi connectivity index (χ1n) is 9.22. The van der Waals surface area contributed by atoms with Gasteiger partial charge in [0.05, 0.1) is 24.2 Å². The summed E-state index contributed by atoms with van der Waals surface area (Å²) in [4.78, 5) is 33.2. The number of piperidine rings is 1. The second-order valence-electron chi connectivity index (χ2n) is 7.00. The fraction of sp³-hybridized carbons (Fsp3) is 0.632. The van der Waals surface area contributed by atoms with Crippen molar-refractivity contribution >= 4 is 11.8 Å². The third kappa shape index (κ3) is 3.14. The van der Waals surface area contributed by atoms with Crippen LogP contribution in [0.5, 0.6) is 0 Å². The van der Waals surface area contributed by atoms with Crippen LogP contribution in [0.15, 0.2) is 18.3 Å². The minimum atomic E-state index is -0.400. The van der Waals surface area contributed by atoms with Gasteiger partial charge in [0.15, 0.2) is 0 Å². The molecule has 2 saturated heterocycles. The molecule has 0 N–H and O–H groups in total. The van der Waals surface area contributed by atoms with E-state index in [0.717, 1.165) is 31.9 Å². The molecule has 0 bridgehead atoms. The van der Waals surface area contributed by atoms with Crippen molar-refractivity contribution < 1.29 is 14.0 Å². The second-order valence-corrected chi connectivity index (χ2v) is 7.00. The number of halogens is 1. The Morgan fingerprint density at radius 2 is 2.16 bits per heavy atom. The van der Waals surface area contributed by atoms with Gasteiger partial charge in [-0.25, -0.2) is 4.39 Å². The van der Waals surface area contributed by atoms with E-state index < -0.39 is 5.82 Å². The lowest BCUT2D eigenvalue weighted by molar-refractivity contribution is -0.145. The number of hydrogen-bond acceptors (Lipinski definition) is 3. The van der Waals surface area contributed by atoms with E-state index in [4.69, 9.17) is 0 Å². The number of likely N-dealkylation sites (N-methyl/N-ethyl adjacent to an activating group) is 1. The van der Waals surface area contributed by atoms with Crippen LogP contribution in [-0.2, 0) is 16.0 Å². The Morgan fingerprint density at radius 1 is 1.36 bits per heavy atom. The topological polar surface area (TPSA) is 53.5 Å². The molecule has 0 aromatic carbocycles. The molecule has 0 unspecified atom stereocenters. The van der Waals surface area contributed by atoms with Crippen molar-refractivity contribution in [2.45, 2.75) is 64.0 Å². The first-order valence-corrected chi connectivity index (χ1v) is 9.22. The number of hydrogen-bond donors (Lipinski definition) is 0. The van der Waals surface area contributed by atoms with Gasteiger partial charge in [-0.05, 0) is 44.7 Å². The summed E-state index contributed by atoms with van der Waals surface area (Å²) in [5, 5.41) is 0. The van der Waals surface area contributed by atoms with Crippen LogP contribution in [0, 0.1) is 5.82 Å². The molecule has 0 aliphatic carbocycles. The maximum atomic E-state index is 13.0. The van der Waals surface area contributed by atoms with E-state index in [1.54, 1.807) is 6.07 Å². The molecule has 136 valence electrons. The molecule has 0 saturated carbocycles. The molecule has 1 spiro atoms. The third-order valence-corrected chi connectivity index (χ3v) is 5.76. The van der Waals surface area contributed by atoms with E-state index >= 15 is 0 Å². The average Bonchev–Trinajstić information content (AvgIpc) is 2.92. The number of pyridine rings is 1. The predicted octanol–water partition coefficient (Wildman–Crippen LogP) is 2.55. The normalized spacial score (nSPS) is 26.5. The van der Waals surface area contributed by atoms with Gasteiger partial charge in [0.25, 0.3) is 0 Å². The molecule has 6 heteroatoms. The van der Waals surface area contributed by atoms with Crippen molar-refractivity contribution in [2.24, 2.45) is 0 Å². The Bertz CT molecular complexity index is 649. The van der Waals surface area contributed by atoms with Crippen molar-refractivity contribution in [2.75, 3.05) is 13.1 Å². The van der Waals surface area contributed by atoms with Crippen molar-refractivity contribution in [1.29, 1.82) is 0 Å². The molecule has 2 aliphatic rings. The fourth-order valence-corrected chi connectivity index (χ4v) is 4.77. The molecule has 5 nitrogen and oxygen atoms in total. The maximum absolute atomic E-state index is 13.0. The lowest BCUT2D eigenvalue weighted by Gasteiger charge is -2.52. The van der Waals surface area contributed by atoms with Gasteiger partial charge < -0.3 is 9.80 Å². The van der Waals surface area contributed by atoms with Gasteiger partial charge in [-0.2, -0.15) is 0 Å². The summed E-state index contributed by atoms with van der Waals surface area (Å²) in [7, 11) is 0. The van der Waals surface area contributed by atoms with E-state index in [-0.39, 0.29) is 29.8 Å². The smallest absolute Gasteiger partial charge is 0.228 e. The first-order chi connectivity index (χ1) is 12.0. The third-order valence-electron chi connectivity index (χ3n) is 5.76.